The molecule has 0 radical (unpaired) electrons. The third-order valence-electron chi connectivity index (χ3n) is 13.7. The van der Waals surface area contributed by atoms with Crippen LogP contribution in [0.15, 0.2) is 206 Å². The van der Waals surface area contributed by atoms with E-state index in [2.05, 4.69) is 188 Å². The molecule has 9 aromatic carbocycles. The van der Waals surface area contributed by atoms with Crippen LogP contribution in [-0.2, 0) is 5.41 Å². The van der Waals surface area contributed by atoms with Crippen molar-refractivity contribution in [1.82, 2.24) is 9.97 Å². The van der Waals surface area contributed by atoms with Gasteiger partial charge in [0, 0.05) is 22.1 Å². The normalized spacial score (nSPS) is 13.9. The van der Waals surface area contributed by atoms with Crippen LogP contribution in [0.25, 0.3) is 100.0 Å². The third-order valence-corrected chi connectivity index (χ3v) is 13.7. The Bertz CT molecular complexity index is 3290. The van der Waals surface area contributed by atoms with Crippen LogP contribution in [0.2, 0.25) is 0 Å². The van der Waals surface area contributed by atoms with Gasteiger partial charge in [-0.05, 0) is 108 Å². The molecule has 0 saturated heterocycles. The molecular formula is C60H44N2. The van der Waals surface area contributed by atoms with Gasteiger partial charge in [0.2, 0.25) is 0 Å². The molecule has 12 rings (SSSR count). The molecule has 2 aliphatic carbocycles. The highest BCUT2D eigenvalue weighted by atomic mass is 14.9. The van der Waals surface area contributed by atoms with Gasteiger partial charge in [-0.3, -0.25) is 0 Å². The summed E-state index contributed by atoms with van der Waals surface area (Å²) in [6.45, 7) is 0. The summed E-state index contributed by atoms with van der Waals surface area (Å²) >= 11 is 0. The van der Waals surface area contributed by atoms with E-state index in [0.717, 1.165) is 28.1 Å². The summed E-state index contributed by atoms with van der Waals surface area (Å²) in [6, 6.07) is 75.3. The van der Waals surface area contributed by atoms with Gasteiger partial charge in [0.05, 0.1) is 11.4 Å². The second-order valence-corrected chi connectivity index (χ2v) is 17.2. The van der Waals surface area contributed by atoms with Crippen LogP contribution in [0.3, 0.4) is 0 Å². The summed E-state index contributed by atoms with van der Waals surface area (Å²) in [6.07, 6.45) is 6.32. The van der Waals surface area contributed by atoms with E-state index in [9.17, 15) is 0 Å². The largest absolute Gasteiger partial charge is 0.228 e. The van der Waals surface area contributed by atoms with Crippen molar-refractivity contribution in [3.8, 4) is 78.4 Å². The highest BCUT2D eigenvalue weighted by Gasteiger charge is 2.44. The number of benzene rings is 9. The van der Waals surface area contributed by atoms with Gasteiger partial charge in [0.25, 0.3) is 0 Å². The van der Waals surface area contributed by atoms with Crippen molar-refractivity contribution in [3.63, 3.8) is 0 Å². The maximum Gasteiger partial charge on any atom is 0.160 e. The smallest absolute Gasteiger partial charge is 0.160 e. The van der Waals surface area contributed by atoms with Gasteiger partial charge < -0.3 is 0 Å². The zero-order chi connectivity index (χ0) is 41.0. The standard InChI is InChI=1S/C60H44N2/c1-4-15-40(16-5-1)41-25-29-43(30-26-41)56-39-57(62-59(61-56)45-17-6-2-7-18-45)44-31-27-42(28-32-44)48-33-34-51(50-22-11-10-21-49(48)50)52-23-14-24-54-58(52)53-37-46-19-8-9-20-47(46)38-55(53)60(54)35-12-3-13-36-60/h1-2,4-11,14-34,37-39H,3,12-13,35-36H2. The second kappa shape index (κ2) is 14.9. The van der Waals surface area contributed by atoms with Crippen LogP contribution in [0.1, 0.15) is 43.2 Å². The number of nitrogens with zero attached hydrogens (tertiary/aromatic N) is 2. The fourth-order valence-corrected chi connectivity index (χ4v) is 10.7. The Labute approximate surface area is 363 Å². The topological polar surface area (TPSA) is 25.8 Å². The molecule has 62 heavy (non-hydrogen) atoms. The molecule has 1 fully saturated rings. The van der Waals surface area contributed by atoms with Crippen LogP contribution in [0, 0.1) is 0 Å². The van der Waals surface area contributed by atoms with Gasteiger partial charge in [-0.15, -0.1) is 0 Å². The molecular weight excluding hydrogens is 749 g/mol. The average molecular weight is 793 g/mol. The molecule has 2 nitrogen and oxygen atoms in total. The minimum Gasteiger partial charge on any atom is -0.228 e. The summed E-state index contributed by atoms with van der Waals surface area (Å²) in [5, 5.41) is 5.20. The van der Waals surface area contributed by atoms with E-state index in [-0.39, 0.29) is 5.41 Å². The van der Waals surface area contributed by atoms with Crippen molar-refractivity contribution in [2.24, 2.45) is 0 Å². The van der Waals surface area contributed by atoms with E-state index in [1.165, 1.54) is 109 Å². The quantitative estimate of drug-likeness (QED) is 0.168. The lowest BCUT2D eigenvalue weighted by Gasteiger charge is -2.36. The fourth-order valence-electron chi connectivity index (χ4n) is 10.7. The van der Waals surface area contributed by atoms with Crippen molar-refractivity contribution in [1.29, 1.82) is 0 Å². The van der Waals surface area contributed by atoms with Crippen LogP contribution < -0.4 is 0 Å². The molecule has 2 aliphatic rings. The molecule has 0 unspecified atom stereocenters. The fraction of sp³-hybridized carbons (Fsp3) is 0.100. The zero-order valence-corrected chi connectivity index (χ0v) is 34.6. The van der Waals surface area contributed by atoms with Gasteiger partial charge in [0.1, 0.15) is 0 Å². The maximum absolute atomic E-state index is 5.14. The van der Waals surface area contributed by atoms with Crippen LogP contribution in [-0.4, -0.2) is 9.97 Å². The molecule has 1 aromatic heterocycles. The van der Waals surface area contributed by atoms with Gasteiger partial charge in [-0.2, -0.15) is 0 Å². The second-order valence-electron chi connectivity index (χ2n) is 17.2. The minimum absolute atomic E-state index is 0.0831. The summed E-state index contributed by atoms with van der Waals surface area (Å²) in [5.41, 5.74) is 18.3. The van der Waals surface area contributed by atoms with E-state index >= 15 is 0 Å². The van der Waals surface area contributed by atoms with Crippen molar-refractivity contribution in [2.45, 2.75) is 37.5 Å². The molecule has 1 heterocycles. The monoisotopic (exact) mass is 792 g/mol. The molecule has 0 aliphatic heterocycles. The summed E-state index contributed by atoms with van der Waals surface area (Å²) in [5.74, 6) is 0.716. The SMILES string of the molecule is c1ccc(-c2ccc(-c3cc(-c4ccc(-c5ccc(-c6cccc7c6-c6cc8ccccc8cc6C76CCCCC6)c6ccccc56)cc4)nc(-c4ccccc4)n3)cc2)cc1. The van der Waals surface area contributed by atoms with E-state index in [1.807, 2.05) is 18.2 Å². The lowest BCUT2D eigenvalue weighted by Crippen LogP contribution is -2.28. The zero-order valence-electron chi connectivity index (χ0n) is 34.6. The Morgan fingerprint density at radius 3 is 1.53 bits per heavy atom. The summed E-state index contributed by atoms with van der Waals surface area (Å²) in [7, 11) is 0. The first kappa shape index (κ1) is 36.4. The number of hydrogen-bond acceptors (Lipinski definition) is 2. The molecule has 1 spiro atoms. The first-order valence-electron chi connectivity index (χ1n) is 22.1. The first-order chi connectivity index (χ1) is 30.7. The lowest BCUT2D eigenvalue weighted by atomic mass is 9.67. The predicted molar refractivity (Wildman–Crippen MR) is 259 cm³/mol. The number of aromatic nitrogens is 2. The van der Waals surface area contributed by atoms with Crippen LogP contribution in [0.4, 0.5) is 0 Å². The molecule has 1 saturated carbocycles. The van der Waals surface area contributed by atoms with Crippen molar-refractivity contribution in [3.05, 3.63) is 217 Å². The summed E-state index contributed by atoms with van der Waals surface area (Å²) < 4.78 is 0. The van der Waals surface area contributed by atoms with Gasteiger partial charge in [-0.25, -0.2) is 9.97 Å². The van der Waals surface area contributed by atoms with Gasteiger partial charge >= 0.3 is 0 Å². The molecule has 0 amide bonds. The third kappa shape index (κ3) is 6.09. The van der Waals surface area contributed by atoms with E-state index < -0.39 is 0 Å². The Hall–Kier alpha value is -7.42. The molecule has 0 atom stereocenters. The van der Waals surface area contributed by atoms with Gasteiger partial charge in [-0.1, -0.05) is 207 Å². The van der Waals surface area contributed by atoms with Crippen molar-refractivity contribution < 1.29 is 0 Å². The lowest BCUT2D eigenvalue weighted by molar-refractivity contribution is 0.353. The van der Waals surface area contributed by atoms with E-state index in [0.29, 0.717) is 5.82 Å². The highest BCUT2D eigenvalue weighted by Crippen LogP contribution is 2.59. The number of fused-ring (bicyclic) bond motifs is 7. The maximum atomic E-state index is 5.14. The highest BCUT2D eigenvalue weighted by molar-refractivity contribution is 6.09. The Balaban J connectivity index is 0.939. The minimum atomic E-state index is 0.0831. The molecule has 2 heteroatoms. The number of rotatable bonds is 6. The predicted octanol–water partition coefficient (Wildman–Crippen LogP) is 16.0. The Morgan fingerprint density at radius 2 is 0.855 bits per heavy atom. The van der Waals surface area contributed by atoms with Crippen LogP contribution in [0.5, 0.6) is 0 Å². The molecule has 0 bridgehead atoms. The van der Waals surface area contributed by atoms with Crippen molar-refractivity contribution in [2.75, 3.05) is 0 Å². The van der Waals surface area contributed by atoms with Crippen LogP contribution >= 0.6 is 0 Å². The van der Waals surface area contributed by atoms with E-state index in [1.54, 1.807) is 0 Å². The molecule has 10 aromatic rings. The first-order valence-corrected chi connectivity index (χ1v) is 22.1. The molecule has 0 N–H and O–H groups in total. The number of hydrogen-bond donors (Lipinski definition) is 0. The van der Waals surface area contributed by atoms with Gasteiger partial charge in [0.15, 0.2) is 5.82 Å². The Morgan fingerprint density at radius 1 is 0.323 bits per heavy atom. The van der Waals surface area contributed by atoms with Crippen molar-refractivity contribution >= 4 is 21.5 Å². The molecule has 294 valence electrons. The Kier molecular flexibility index (Phi) is 8.78. The van der Waals surface area contributed by atoms with E-state index in [4.69, 9.17) is 9.97 Å². The average Bonchev–Trinajstić information content (AvgIpc) is 3.60. The summed E-state index contributed by atoms with van der Waals surface area (Å²) in [4.78, 5) is 10.2.